The van der Waals surface area contributed by atoms with Gasteiger partial charge in [0.25, 0.3) is 15.9 Å². The van der Waals surface area contributed by atoms with Gasteiger partial charge in [0.1, 0.15) is 5.75 Å². The summed E-state index contributed by atoms with van der Waals surface area (Å²) in [6.45, 7) is 4.32. The third-order valence-corrected chi connectivity index (χ3v) is 7.25. The van der Waals surface area contributed by atoms with Crippen molar-refractivity contribution in [3.05, 3.63) is 90.0 Å². The first-order valence-electron chi connectivity index (χ1n) is 11.2. The molecule has 6 nitrogen and oxygen atoms in total. The molecule has 3 aromatic rings. The minimum absolute atomic E-state index is 0.0594. The van der Waals surface area contributed by atoms with Crippen molar-refractivity contribution in [3.8, 4) is 5.75 Å². The van der Waals surface area contributed by atoms with Gasteiger partial charge in [-0.05, 0) is 48.7 Å². The van der Waals surface area contributed by atoms with E-state index < -0.39 is 16.1 Å². The second-order valence-corrected chi connectivity index (χ2v) is 9.74. The van der Waals surface area contributed by atoms with Gasteiger partial charge in [0.2, 0.25) is 0 Å². The Kier molecular flexibility index (Phi) is 6.70. The molecule has 1 aliphatic heterocycles. The van der Waals surface area contributed by atoms with Crippen LogP contribution in [0.2, 0.25) is 0 Å². The molecule has 3 aromatic carbocycles. The number of benzene rings is 3. The number of ether oxygens (including phenoxy) is 1. The number of carbonyl (C=O) groups excluding carboxylic acids is 1. The molecule has 2 unspecified atom stereocenters. The van der Waals surface area contributed by atoms with E-state index in [4.69, 9.17) is 4.74 Å². The third-order valence-electron chi connectivity index (χ3n) is 5.85. The summed E-state index contributed by atoms with van der Waals surface area (Å²) in [5.41, 5.74) is 2.26. The zero-order valence-corrected chi connectivity index (χ0v) is 19.6. The Bertz CT molecular complexity index is 1210. The van der Waals surface area contributed by atoms with E-state index in [-0.39, 0.29) is 16.8 Å². The van der Waals surface area contributed by atoms with E-state index in [1.807, 2.05) is 42.2 Å². The SMILES string of the molecule is CCC1Oc2ccc(NS(=O)(=O)c3ccccc3)cc2CN(C(CC)c2ccccc2)C1=O. The molecule has 33 heavy (non-hydrogen) atoms. The highest BCUT2D eigenvalue weighted by molar-refractivity contribution is 7.92. The highest BCUT2D eigenvalue weighted by Gasteiger charge is 2.34. The summed E-state index contributed by atoms with van der Waals surface area (Å²) in [7, 11) is -3.72. The molecular weight excluding hydrogens is 436 g/mol. The molecule has 0 fully saturated rings. The monoisotopic (exact) mass is 464 g/mol. The molecule has 7 heteroatoms. The van der Waals surface area contributed by atoms with Crippen LogP contribution in [0.5, 0.6) is 5.75 Å². The molecule has 1 heterocycles. The summed E-state index contributed by atoms with van der Waals surface area (Å²) in [5.74, 6) is 0.541. The topological polar surface area (TPSA) is 75.7 Å². The van der Waals surface area contributed by atoms with Crippen molar-refractivity contribution in [1.82, 2.24) is 4.90 Å². The number of hydrogen-bond donors (Lipinski definition) is 1. The third kappa shape index (κ3) is 4.88. The predicted octanol–water partition coefficient (Wildman–Crippen LogP) is 5.14. The van der Waals surface area contributed by atoms with Crippen molar-refractivity contribution < 1.29 is 17.9 Å². The number of fused-ring (bicyclic) bond motifs is 1. The number of amides is 1. The van der Waals surface area contributed by atoms with E-state index >= 15 is 0 Å². The van der Waals surface area contributed by atoms with Crippen LogP contribution in [-0.2, 0) is 21.4 Å². The van der Waals surface area contributed by atoms with Gasteiger partial charge in [-0.2, -0.15) is 0 Å². The Hall–Kier alpha value is -3.32. The van der Waals surface area contributed by atoms with Crippen LogP contribution in [0.25, 0.3) is 0 Å². The van der Waals surface area contributed by atoms with E-state index in [0.717, 1.165) is 17.5 Å². The van der Waals surface area contributed by atoms with E-state index in [1.165, 1.54) is 0 Å². The maximum Gasteiger partial charge on any atom is 0.264 e. The van der Waals surface area contributed by atoms with E-state index in [1.54, 1.807) is 48.5 Å². The van der Waals surface area contributed by atoms with Crippen molar-refractivity contribution in [3.63, 3.8) is 0 Å². The number of nitrogens with zero attached hydrogens (tertiary/aromatic N) is 1. The van der Waals surface area contributed by atoms with Gasteiger partial charge in [-0.3, -0.25) is 9.52 Å². The van der Waals surface area contributed by atoms with Crippen LogP contribution in [0.1, 0.15) is 43.9 Å². The zero-order valence-electron chi connectivity index (χ0n) is 18.8. The summed E-state index contributed by atoms with van der Waals surface area (Å²) >= 11 is 0. The smallest absolute Gasteiger partial charge is 0.264 e. The molecule has 0 radical (unpaired) electrons. The number of carbonyl (C=O) groups is 1. The summed E-state index contributed by atoms with van der Waals surface area (Å²) in [5, 5.41) is 0. The molecule has 1 amide bonds. The number of nitrogens with one attached hydrogen (secondary N) is 1. The quantitative estimate of drug-likeness (QED) is 0.525. The first-order chi connectivity index (χ1) is 15.9. The fourth-order valence-electron chi connectivity index (χ4n) is 4.18. The molecule has 4 rings (SSSR count). The number of anilines is 1. The molecule has 1 N–H and O–H groups in total. The Balaban J connectivity index is 1.69. The normalized spacial score (nSPS) is 17.0. The van der Waals surface area contributed by atoms with Gasteiger partial charge in [0, 0.05) is 11.3 Å². The Labute approximate surface area is 195 Å². The lowest BCUT2D eigenvalue weighted by atomic mass is 10.0. The molecule has 2 atom stereocenters. The molecule has 172 valence electrons. The summed E-state index contributed by atoms with van der Waals surface area (Å²) in [6.07, 6.45) is 0.709. The average molecular weight is 465 g/mol. The lowest BCUT2D eigenvalue weighted by molar-refractivity contribution is -0.141. The number of rotatable bonds is 7. The van der Waals surface area contributed by atoms with E-state index in [9.17, 15) is 13.2 Å². The molecular formula is C26H28N2O4S. The van der Waals surface area contributed by atoms with Gasteiger partial charge < -0.3 is 9.64 Å². The largest absolute Gasteiger partial charge is 0.480 e. The van der Waals surface area contributed by atoms with Gasteiger partial charge in [-0.25, -0.2) is 8.42 Å². The molecule has 0 bridgehead atoms. The lowest BCUT2D eigenvalue weighted by Crippen LogP contribution is -2.41. The average Bonchev–Trinajstić information content (AvgIpc) is 2.97. The predicted molar refractivity (Wildman–Crippen MR) is 128 cm³/mol. The minimum atomic E-state index is -3.72. The molecule has 0 saturated heterocycles. The van der Waals surface area contributed by atoms with Crippen LogP contribution in [0, 0.1) is 0 Å². The van der Waals surface area contributed by atoms with E-state index in [0.29, 0.717) is 24.4 Å². The maximum atomic E-state index is 13.4. The fourth-order valence-corrected chi connectivity index (χ4v) is 5.25. The second-order valence-electron chi connectivity index (χ2n) is 8.06. The summed E-state index contributed by atoms with van der Waals surface area (Å²) < 4.78 is 34.3. The van der Waals surface area contributed by atoms with Crippen molar-refractivity contribution in [2.24, 2.45) is 0 Å². The fraction of sp³-hybridized carbons (Fsp3) is 0.269. The molecule has 0 aliphatic carbocycles. The van der Waals surface area contributed by atoms with Gasteiger partial charge in [-0.15, -0.1) is 0 Å². The van der Waals surface area contributed by atoms with Crippen LogP contribution in [-0.4, -0.2) is 25.3 Å². The number of hydrogen-bond acceptors (Lipinski definition) is 4. The highest BCUT2D eigenvalue weighted by Crippen LogP contribution is 2.35. The van der Waals surface area contributed by atoms with Crippen LogP contribution in [0.4, 0.5) is 5.69 Å². The Morgan fingerprint density at radius 2 is 1.67 bits per heavy atom. The van der Waals surface area contributed by atoms with Gasteiger partial charge in [-0.1, -0.05) is 62.4 Å². The van der Waals surface area contributed by atoms with Gasteiger partial charge >= 0.3 is 0 Å². The van der Waals surface area contributed by atoms with Crippen LogP contribution in [0.3, 0.4) is 0 Å². The minimum Gasteiger partial charge on any atom is -0.480 e. The van der Waals surface area contributed by atoms with Crippen molar-refractivity contribution in [2.75, 3.05) is 4.72 Å². The lowest BCUT2D eigenvalue weighted by Gasteiger charge is -2.32. The summed E-state index contributed by atoms with van der Waals surface area (Å²) in [6, 6.07) is 23.2. The van der Waals surface area contributed by atoms with Crippen molar-refractivity contribution in [1.29, 1.82) is 0 Å². The zero-order chi connectivity index (χ0) is 23.4. The Morgan fingerprint density at radius 3 is 2.30 bits per heavy atom. The first kappa shape index (κ1) is 22.9. The molecule has 0 aromatic heterocycles. The van der Waals surface area contributed by atoms with Gasteiger partial charge in [0.05, 0.1) is 17.5 Å². The highest BCUT2D eigenvalue weighted by atomic mass is 32.2. The van der Waals surface area contributed by atoms with Crippen molar-refractivity contribution >= 4 is 21.6 Å². The second kappa shape index (κ2) is 9.67. The maximum absolute atomic E-state index is 13.4. The van der Waals surface area contributed by atoms with Crippen molar-refractivity contribution in [2.45, 2.75) is 50.3 Å². The van der Waals surface area contributed by atoms with Gasteiger partial charge in [0.15, 0.2) is 6.10 Å². The first-order valence-corrected chi connectivity index (χ1v) is 12.6. The molecule has 1 aliphatic rings. The Morgan fingerprint density at radius 1 is 1.00 bits per heavy atom. The molecule has 0 saturated carbocycles. The van der Waals surface area contributed by atoms with Crippen LogP contribution < -0.4 is 9.46 Å². The summed E-state index contributed by atoms with van der Waals surface area (Å²) in [4.78, 5) is 15.4. The van der Waals surface area contributed by atoms with E-state index in [2.05, 4.69) is 11.6 Å². The molecule has 0 spiro atoms. The van der Waals surface area contributed by atoms with Crippen LogP contribution >= 0.6 is 0 Å². The number of sulfonamides is 1. The standard InChI is InChI=1S/C26H28N2O4S/c1-3-23(19-11-7-5-8-12-19)28-18-20-17-21(15-16-25(20)32-24(4-2)26(28)29)27-33(30,31)22-13-9-6-10-14-22/h5-17,23-24,27H,3-4,18H2,1-2H3. The van der Waals surface area contributed by atoms with Crippen LogP contribution in [0.15, 0.2) is 83.8 Å².